The summed E-state index contributed by atoms with van der Waals surface area (Å²) in [4.78, 5) is 11.4. The van der Waals surface area contributed by atoms with Gasteiger partial charge in [0.25, 0.3) is 5.92 Å². The first-order valence-corrected chi connectivity index (χ1v) is 12.7. The summed E-state index contributed by atoms with van der Waals surface area (Å²) >= 11 is 6.30. The average molecular weight is 519 g/mol. The number of ether oxygens (including phenoxy) is 1. The molecule has 0 amide bonds. The van der Waals surface area contributed by atoms with Crippen LogP contribution in [0.2, 0.25) is 5.15 Å². The number of anilines is 2. The predicted octanol–water partition coefficient (Wildman–Crippen LogP) is 4.44. The molecule has 1 saturated carbocycles. The first kappa shape index (κ1) is 24.0. The molecule has 2 saturated heterocycles. The standard InChI is InChI=1S/C25H29ClF2N6O2/c1-14-7-16-10-29-23(32-19-11-30-34(22(19)26)20-9-25(20,27)28)31-18(16)8-17(14)15-3-5-33(6-4-15)24(2)13-36-12-21(24)35/h7-8,10-11,15,20-21,35H,3-6,9,12-13H2,1-2H3,(H,29,31,32)/t20?,21-,24?/m1/s1. The summed E-state index contributed by atoms with van der Waals surface area (Å²) < 4.78 is 33.6. The van der Waals surface area contributed by atoms with Crippen LogP contribution in [0, 0.1) is 6.92 Å². The van der Waals surface area contributed by atoms with Crippen LogP contribution in [0.3, 0.4) is 0 Å². The number of nitrogens with zero attached hydrogens (tertiary/aromatic N) is 5. The number of aromatic nitrogens is 4. The second-order valence-corrected chi connectivity index (χ2v) is 10.9. The lowest BCUT2D eigenvalue weighted by atomic mass is 9.84. The molecule has 8 nitrogen and oxygen atoms in total. The summed E-state index contributed by atoms with van der Waals surface area (Å²) in [6.45, 7) is 6.97. The lowest BCUT2D eigenvalue weighted by Crippen LogP contribution is -2.56. The minimum Gasteiger partial charge on any atom is -0.389 e. The fourth-order valence-electron chi connectivity index (χ4n) is 5.60. The number of benzene rings is 1. The Balaban J connectivity index is 1.20. The van der Waals surface area contributed by atoms with Crippen molar-refractivity contribution in [1.82, 2.24) is 24.6 Å². The number of aliphatic hydroxyl groups is 1. The summed E-state index contributed by atoms with van der Waals surface area (Å²) in [6.07, 6.45) is 4.44. The highest BCUT2D eigenvalue weighted by molar-refractivity contribution is 6.32. The molecule has 192 valence electrons. The third-order valence-electron chi connectivity index (χ3n) is 8.08. The van der Waals surface area contributed by atoms with Crippen LogP contribution in [0.25, 0.3) is 10.9 Å². The molecule has 4 heterocycles. The summed E-state index contributed by atoms with van der Waals surface area (Å²) in [6, 6.07) is 3.24. The SMILES string of the molecule is Cc1cc2cnc(Nc3cnn(C4CC4(F)F)c3Cl)nc2cc1C1CCN(C2(C)COC[C@H]2O)CC1. The maximum atomic E-state index is 13.4. The number of aryl methyl sites for hydroxylation is 1. The third kappa shape index (κ3) is 4.04. The number of nitrogens with one attached hydrogen (secondary N) is 1. The van der Waals surface area contributed by atoms with Gasteiger partial charge in [0, 0.05) is 18.0 Å². The van der Waals surface area contributed by atoms with Crippen molar-refractivity contribution in [3.05, 3.63) is 40.8 Å². The van der Waals surface area contributed by atoms with Crippen molar-refractivity contribution in [1.29, 1.82) is 0 Å². The molecule has 2 aliphatic heterocycles. The van der Waals surface area contributed by atoms with Crippen LogP contribution in [0.15, 0.2) is 24.5 Å². The maximum Gasteiger partial charge on any atom is 0.272 e. The second-order valence-electron chi connectivity index (χ2n) is 10.5. The monoisotopic (exact) mass is 518 g/mol. The molecule has 3 aromatic rings. The number of rotatable bonds is 5. The van der Waals surface area contributed by atoms with Crippen molar-refractivity contribution >= 4 is 34.1 Å². The number of alkyl halides is 2. The number of aliphatic hydroxyl groups excluding tert-OH is 1. The normalized spacial score (nSPS) is 28.6. The number of fused-ring (bicyclic) bond motifs is 1. The van der Waals surface area contributed by atoms with Gasteiger partial charge in [0.05, 0.1) is 42.3 Å². The zero-order valence-electron chi connectivity index (χ0n) is 20.2. The number of piperidine rings is 1. The molecule has 6 rings (SSSR count). The van der Waals surface area contributed by atoms with Crippen LogP contribution >= 0.6 is 11.6 Å². The van der Waals surface area contributed by atoms with Gasteiger partial charge in [-0.1, -0.05) is 11.6 Å². The van der Waals surface area contributed by atoms with Gasteiger partial charge in [0.2, 0.25) is 5.95 Å². The van der Waals surface area contributed by atoms with Crippen LogP contribution in [0.4, 0.5) is 20.4 Å². The summed E-state index contributed by atoms with van der Waals surface area (Å²) in [5.74, 6) is -2.04. The van der Waals surface area contributed by atoms with Crippen LogP contribution in [-0.2, 0) is 4.74 Å². The van der Waals surface area contributed by atoms with Crippen molar-refractivity contribution in [2.75, 3.05) is 31.6 Å². The van der Waals surface area contributed by atoms with E-state index in [4.69, 9.17) is 16.3 Å². The fraction of sp³-hybridized carbons (Fsp3) is 0.560. The summed E-state index contributed by atoms with van der Waals surface area (Å²) in [5, 5.41) is 18.5. The zero-order chi connectivity index (χ0) is 25.2. The van der Waals surface area contributed by atoms with E-state index in [2.05, 4.69) is 51.3 Å². The molecule has 0 radical (unpaired) electrons. The zero-order valence-corrected chi connectivity index (χ0v) is 21.0. The van der Waals surface area contributed by atoms with Gasteiger partial charge in [-0.3, -0.25) is 4.90 Å². The van der Waals surface area contributed by atoms with E-state index in [1.165, 1.54) is 17.3 Å². The van der Waals surface area contributed by atoms with Gasteiger partial charge < -0.3 is 15.2 Å². The topological polar surface area (TPSA) is 88.3 Å². The molecule has 2 N–H and O–H groups in total. The van der Waals surface area contributed by atoms with Gasteiger partial charge in [-0.25, -0.2) is 23.4 Å². The molecule has 1 aromatic carbocycles. The number of hydrogen-bond donors (Lipinski definition) is 2. The third-order valence-corrected chi connectivity index (χ3v) is 8.46. The van der Waals surface area contributed by atoms with Crippen LogP contribution < -0.4 is 5.32 Å². The molecular formula is C25H29ClF2N6O2. The van der Waals surface area contributed by atoms with Crippen LogP contribution in [0.1, 0.15) is 49.3 Å². The molecule has 0 spiro atoms. The Morgan fingerprint density at radius 2 is 1.97 bits per heavy atom. The largest absolute Gasteiger partial charge is 0.389 e. The van der Waals surface area contributed by atoms with Gasteiger partial charge in [0.15, 0.2) is 5.15 Å². The van der Waals surface area contributed by atoms with E-state index in [9.17, 15) is 13.9 Å². The van der Waals surface area contributed by atoms with E-state index in [1.54, 1.807) is 6.20 Å². The van der Waals surface area contributed by atoms with E-state index >= 15 is 0 Å². The van der Waals surface area contributed by atoms with E-state index < -0.39 is 18.1 Å². The van der Waals surface area contributed by atoms with Crippen molar-refractivity contribution < 1.29 is 18.6 Å². The van der Waals surface area contributed by atoms with E-state index in [1.807, 2.05) is 0 Å². The quantitative estimate of drug-likeness (QED) is 0.516. The van der Waals surface area contributed by atoms with Crippen molar-refractivity contribution in [2.45, 2.75) is 62.6 Å². The lowest BCUT2D eigenvalue weighted by molar-refractivity contribution is -0.00214. The molecule has 3 fully saturated rings. The Bertz CT molecular complexity index is 1310. The number of likely N-dealkylation sites (tertiary alicyclic amines) is 1. The van der Waals surface area contributed by atoms with Gasteiger partial charge in [-0.2, -0.15) is 5.10 Å². The highest BCUT2D eigenvalue weighted by Gasteiger charge is 2.59. The first-order chi connectivity index (χ1) is 17.2. The maximum absolute atomic E-state index is 13.4. The first-order valence-electron chi connectivity index (χ1n) is 12.3. The van der Waals surface area contributed by atoms with Crippen molar-refractivity contribution in [3.63, 3.8) is 0 Å². The highest BCUT2D eigenvalue weighted by atomic mass is 35.5. The molecular weight excluding hydrogens is 490 g/mol. The van der Waals surface area contributed by atoms with E-state index in [0.29, 0.717) is 30.8 Å². The average Bonchev–Trinajstić information content (AvgIpc) is 3.13. The molecule has 1 aliphatic carbocycles. The highest BCUT2D eigenvalue weighted by Crippen LogP contribution is 2.53. The van der Waals surface area contributed by atoms with Gasteiger partial charge in [-0.15, -0.1) is 0 Å². The molecule has 2 unspecified atom stereocenters. The predicted molar refractivity (Wildman–Crippen MR) is 132 cm³/mol. The van der Waals surface area contributed by atoms with E-state index in [-0.39, 0.29) is 17.1 Å². The van der Waals surface area contributed by atoms with E-state index in [0.717, 1.165) is 41.5 Å². The minimum atomic E-state index is -2.76. The summed E-state index contributed by atoms with van der Waals surface area (Å²) in [5.41, 5.74) is 3.35. The van der Waals surface area contributed by atoms with Crippen LogP contribution in [0.5, 0.6) is 0 Å². The fourth-order valence-corrected chi connectivity index (χ4v) is 5.86. The Hall–Kier alpha value is -2.40. The Labute approximate surface area is 212 Å². The Kier molecular flexibility index (Phi) is 5.71. The van der Waals surface area contributed by atoms with Crippen LogP contribution in [-0.4, -0.2) is 73.6 Å². The Morgan fingerprint density at radius 1 is 1.22 bits per heavy atom. The lowest BCUT2D eigenvalue weighted by Gasteiger charge is -2.43. The Morgan fingerprint density at radius 3 is 2.64 bits per heavy atom. The molecule has 11 heteroatoms. The molecule has 3 aliphatic rings. The molecule has 36 heavy (non-hydrogen) atoms. The number of hydrogen-bond acceptors (Lipinski definition) is 7. The molecule has 0 bridgehead atoms. The van der Waals surface area contributed by atoms with Crippen molar-refractivity contribution in [3.8, 4) is 0 Å². The van der Waals surface area contributed by atoms with Gasteiger partial charge in [0.1, 0.15) is 6.04 Å². The smallest absolute Gasteiger partial charge is 0.272 e. The molecule has 2 aromatic heterocycles. The summed E-state index contributed by atoms with van der Waals surface area (Å²) in [7, 11) is 0. The van der Waals surface area contributed by atoms with Gasteiger partial charge >= 0.3 is 0 Å². The number of halogens is 3. The molecule has 3 atom stereocenters. The van der Waals surface area contributed by atoms with Crippen molar-refractivity contribution in [2.24, 2.45) is 0 Å². The minimum absolute atomic E-state index is 0.115. The second kappa shape index (κ2) is 8.58. The van der Waals surface area contributed by atoms with Gasteiger partial charge in [-0.05, 0) is 69.0 Å².